The first-order valence-corrected chi connectivity index (χ1v) is 6.79. The van der Waals surface area contributed by atoms with Crippen molar-refractivity contribution in [3.8, 4) is 6.07 Å². The Labute approximate surface area is 111 Å². The number of nitrogens with one attached hydrogen (secondary N) is 1. The molecular weight excluding hydrogens is 230 g/mol. The van der Waals surface area contributed by atoms with E-state index in [4.69, 9.17) is 14.7 Å². The predicted octanol–water partition coefficient (Wildman–Crippen LogP) is 0.863. The molecule has 0 fully saturated rings. The molecule has 0 radical (unpaired) electrons. The highest BCUT2D eigenvalue weighted by molar-refractivity contribution is 4.91. The summed E-state index contributed by atoms with van der Waals surface area (Å²) in [7, 11) is 0. The summed E-state index contributed by atoms with van der Waals surface area (Å²) in [5.74, 6) is 0. The Morgan fingerprint density at radius 2 is 1.67 bits per heavy atom. The van der Waals surface area contributed by atoms with Crippen molar-refractivity contribution in [1.82, 2.24) is 10.2 Å². The standard InChI is InChI=1S/C13H27N3O2/c1-4-15-13(11-14)12-16(7-9-17-5-2)8-10-18-6-3/h13,15H,4-10,12H2,1-3H3. The van der Waals surface area contributed by atoms with Crippen LogP contribution in [0.4, 0.5) is 0 Å². The van der Waals surface area contributed by atoms with Crippen molar-refractivity contribution in [2.75, 3.05) is 52.6 Å². The molecule has 0 aromatic heterocycles. The van der Waals surface area contributed by atoms with Crippen LogP contribution in [0.15, 0.2) is 0 Å². The number of hydrogen-bond donors (Lipinski definition) is 1. The second kappa shape index (κ2) is 12.8. The maximum atomic E-state index is 9.05. The summed E-state index contributed by atoms with van der Waals surface area (Å²) in [6, 6.07) is 2.15. The van der Waals surface area contributed by atoms with Crippen LogP contribution in [0.1, 0.15) is 20.8 Å². The third kappa shape index (κ3) is 9.37. The molecule has 0 saturated carbocycles. The van der Waals surface area contributed by atoms with Gasteiger partial charge in [-0.3, -0.25) is 4.90 Å². The second-order valence-electron chi connectivity index (χ2n) is 3.93. The minimum Gasteiger partial charge on any atom is -0.380 e. The Morgan fingerprint density at radius 1 is 1.11 bits per heavy atom. The van der Waals surface area contributed by atoms with Gasteiger partial charge in [0.15, 0.2) is 0 Å². The number of rotatable bonds is 12. The van der Waals surface area contributed by atoms with Gasteiger partial charge in [0.1, 0.15) is 6.04 Å². The van der Waals surface area contributed by atoms with E-state index >= 15 is 0 Å². The molecule has 0 aromatic rings. The van der Waals surface area contributed by atoms with E-state index in [1.807, 2.05) is 20.8 Å². The first-order chi connectivity index (χ1) is 8.78. The highest BCUT2D eigenvalue weighted by Gasteiger charge is 2.12. The highest BCUT2D eigenvalue weighted by atomic mass is 16.5. The minimum atomic E-state index is -0.127. The van der Waals surface area contributed by atoms with Gasteiger partial charge in [-0.1, -0.05) is 6.92 Å². The third-order valence-corrected chi connectivity index (χ3v) is 2.56. The molecule has 0 rings (SSSR count). The van der Waals surface area contributed by atoms with E-state index in [9.17, 15) is 0 Å². The molecule has 0 amide bonds. The zero-order valence-electron chi connectivity index (χ0n) is 11.9. The molecule has 18 heavy (non-hydrogen) atoms. The second-order valence-corrected chi connectivity index (χ2v) is 3.93. The summed E-state index contributed by atoms with van der Waals surface area (Å²) in [5, 5.41) is 12.2. The monoisotopic (exact) mass is 257 g/mol. The Bertz CT molecular complexity index is 209. The van der Waals surface area contributed by atoms with Crippen molar-refractivity contribution < 1.29 is 9.47 Å². The van der Waals surface area contributed by atoms with Crippen molar-refractivity contribution >= 4 is 0 Å². The molecule has 1 atom stereocenters. The summed E-state index contributed by atoms with van der Waals surface area (Å²) in [4.78, 5) is 2.21. The van der Waals surface area contributed by atoms with Crippen LogP contribution in [0.3, 0.4) is 0 Å². The van der Waals surface area contributed by atoms with Gasteiger partial charge in [0.2, 0.25) is 0 Å². The summed E-state index contributed by atoms with van der Waals surface area (Å²) in [6.07, 6.45) is 0. The van der Waals surface area contributed by atoms with Crippen molar-refractivity contribution in [3.05, 3.63) is 0 Å². The molecule has 0 aromatic carbocycles. The van der Waals surface area contributed by atoms with Crippen LogP contribution in [0.2, 0.25) is 0 Å². The van der Waals surface area contributed by atoms with Crippen LogP contribution in [-0.2, 0) is 9.47 Å². The number of nitriles is 1. The van der Waals surface area contributed by atoms with E-state index in [2.05, 4.69) is 16.3 Å². The van der Waals surface area contributed by atoms with Crippen LogP contribution >= 0.6 is 0 Å². The molecule has 1 N–H and O–H groups in total. The zero-order valence-corrected chi connectivity index (χ0v) is 11.9. The van der Waals surface area contributed by atoms with E-state index < -0.39 is 0 Å². The molecule has 0 aliphatic rings. The van der Waals surface area contributed by atoms with Gasteiger partial charge in [-0.2, -0.15) is 5.26 Å². The summed E-state index contributed by atoms with van der Waals surface area (Å²) in [6.45, 7) is 12.0. The van der Waals surface area contributed by atoms with Gasteiger partial charge in [0, 0.05) is 32.8 Å². The smallest absolute Gasteiger partial charge is 0.108 e. The van der Waals surface area contributed by atoms with Gasteiger partial charge in [-0.05, 0) is 20.4 Å². The molecule has 106 valence electrons. The van der Waals surface area contributed by atoms with Gasteiger partial charge in [-0.25, -0.2) is 0 Å². The van der Waals surface area contributed by atoms with Gasteiger partial charge in [-0.15, -0.1) is 0 Å². The van der Waals surface area contributed by atoms with Gasteiger partial charge in [0.05, 0.1) is 19.3 Å². The van der Waals surface area contributed by atoms with Gasteiger partial charge in [0.25, 0.3) is 0 Å². The lowest BCUT2D eigenvalue weighted by atomic mass is 10.3. The molecule has 0 aliphatic carbocycles. The topological polar surface area (TPSA) is 57.5 Å². The predicted molar refractivity (Wildman–Crippen MR) is 72.5 cm³/mol. The fourth-order valence-electron chi connectivity index (χ4n) is 1.63. The summed E-state index contributed by atoms with van der Waals surface area (Å²) in [5.41, 5.74) is 0. The highest BCUT2D eigenvalue weighted by Crippen LogP contribution is 1.94. The van der Waals surface area contributed by atoms with Crippen LogP contribution in [0.25, 0.3) is 0 Å². The Morgan fingerprint density at radius 3 is 2.06 bits per heavy atom. The number of hydrogen-bond acceptors (Lipinski definition) is 5. The maximum Gasteiger partial charge on any atom is 0.108 e. The quantitative estimate of drug-likeness (QED) is 0.526. The van der Waals surface area contributed by atoms with Crippen molar-refractivity contribution in [3.63, 3.8) is 0 Å². The number of nitrogens with zero attached hydrogens (tertiary/aromatic N) is 2. The summed E-state index contributed by atoms with van der Waals surface area (Å²) < 4.78 is 10.7. The van der Waals surface area contributed by atoms with Crippen LogP contribution in [-0.4, -0.2) is 63.5 Å². The van der Waals surface area contributed by atoms with Crippen LogP contribution in [0.5, 0.6) is 0 Å². The molecule has 5 nitrogen and oxygen atoms in total. The van der Waals surface area contributed by atoms with Crippen molar-refractivity contribution in [2.24, 2.45) is 0 Å². The molecule has 5 heteroatoms. The lowest BCUT2D eigenvalue weighted by Crippen LogP contribution is -2.42. The summed E-state index contributed by atoms with van der Waals surface area (Å²) >= 11 is 0. The fraction of sp³-hybridized carbons (Fsp3) is 0.923. The normalized spacial score (nSPS) is 12.6. The van der Waals surface area contributed by atoms with Crippen molar-refractivity contribution in [1.29, 1.82) is 5.26 Å². The molecule has 0 saturated heterocycles. The average molecular weight is 257 g/mol. The lowest BCUT2D eigenvalue weighted by molar-refractivity contribution is 0.0809. The molecule has 1 unspecified atom stereocenters. The third-order valence-electron chi connectivity index (χ3n) is 2.56. The first-order valence-electron chi connectivity index (χ1n) is 6.79. The van der Waals surface area contributed by atoms with Gasteiger partial charge < -0.3 is 14.8 Å². The molecule has 0 heterocycles. The number of ether oxygens (including phenoxy) is 2. The van der Waals surface area contributed by atoms with Gasteiger partial charge >= 0.3 is 0 Å². The molecule has 0 spiro atoms. The molecule has 0 aliphatic heterocycles. The maximum absolute atomic E-state index is 9.05. The van der Waals surface area contributed by atoms with Crippen LogP contribution < -0.4 is 5.32 Å². The zero-order chi connectivity index (χ0) is 13.6. The molecule has 0 bridgehead atoms. The largest absolute Gasteiger partial charge is 0.380 e. The fourth-order valence-corrected chi connectivity index (χ4v) is 1.63. The van der Waals surface area contributed by atoms with Crippen molar-refractivity contribution in [2.45, 2.75) is 26.8 Å². The van der Waals surface area contributed by atoms with E-state index in [0.717, 1.165) is 32.8 Å². The van der Waals surface area contributed by atoms with Crippen LogP contribution in [0, 0.1) is 11.3 Å². The first kappa shape index (κ1) is 17.3. The lowest BCUT2D eigenvalue weighted by Gasteiger charge is -2.24. The average Bonchev–Trinajstić information content (AvgIpc) is 2.38. The molecular formula is C13H27N3O2. The van der Waals surface area contributed by atoms with E-state index in [-0.39, 0.29) is 6.04 Å². The van der Waals surface area contributed by atoms with E-state index in [0.29, 0.717) is 19.8 Å². The van der Waals surface area contributed by atoms with E-state index in [1.165, 1.54) is 0 Å². The minimum absolute atomic E-state index is 0.127. The SMILES string of the molecule is CCNC(C#N)CN(CCOCC)CCOCC. The number of likely N-dealkylation sites (N-methyl/N-ethyl adjacent to an activating group) is 1. The Kier molecular flexibility index (Phi) is 12.3. The Hall–Kier alpha value is -0.670. The van der Waals surface area contributed by atoms with E-state index in [1.54, 1.807) is 0 Å². The Balaban J connectivity index is 4.04.